The third kappa shape index (κ3) is 1.91. The molecule has 88 valence electrons. The number of hydrogen-bond acceptors (Lipinski definition) is 4. The van der Waals surface area contributed by atoms with Crippen LogP contribution in [0.25, 0.3) is 11.0 Å². The van der Waals surface area contributed by atoms with Crippen molar-refractivity contribution >= 4 is 28.5 Å². The van der Waals surface area contributed by atoms with Gasteiger partial charge in [-0.25, -0.2) is 9.59 Å². The minimum atomic E-state index is -0.612. The van der Waals surface area contributed by atoms with Crippen LogP contribution in [0.5, 0.6) is 0 Å². The Morgan fingerprint density at radius 1 is 1.41 bits per heavy atom. The van der Waals surface area contributed by atoms with Crippen molar-refractivity contribution in [2.45, 2.75) is 6.92 Å². The van der Waals surface area contributed by atoms with E-state index in [9.17, 15) is 9.59 Å². The highest BCUT2D eigenvalue weighted by Crippen LogP contribution is 2.23. The van der Waals surface area contributed by atoms with E-state index in [1.807, 2.05) is 0 Å². The molecule has 1 heterocycles. The summed E-state index contributed by atoms with van der Waals surface area (Å²) >= 11 is 5.79. The number of halogens is 1. The van der Waals surface area contributed by atoms with Crippen LogP contribution < -0.4 is 5.63 Å². The Morgan fingerprint density at radius 2 is 2.12 bits per heavy atom. The molecular formula is C12H9ClO4. The second-order valence-corrected chi connectivity index (χ2v) is 3.91. The lowest BCUT2D eigenvalue weighted by Crippen LogP contribution is -2.04. The number of carbonyl (C=O) groups excluding carboxylic acids is 1. The molecule has 0 saturated carbocycles. The van der Waals surface area contributed by atoms with E-state index in [0.717, 1.165) is 0 Å². The topological polar surface area (TPSA) is 56.5 Å². The maximum Gasteiger partial charge on any atom is 0.355 e. The van der Waals surface area contributed by atoms with Gasteiger partial charge in [0.05, 0.1) is 12.7 Å². The summed E-state index contributed by atoms with van der Waals surface area (Å²) in [5.74, 6) is -0.484. The predicted molar refractivity (Wildman–Crippen MR) is 63.6 cm³/mol. The minimum Gasteiger partial charge on any atom is -0.465 e. The van der Waals surface area contributed by atoms with E-state index < -0.39 is 11.6 Å². The molecule has 0 aliphatic carbocycles. The van der Waals surface area contributed by atoms with E-state index in [0.29, 0.717) is 22.1 Å². The van der Waals surface area contributed by atoms with E-state index in [4.69, 9.17) is 16.0 Å². The molecule has 0 atom stereocenters. The molecular weight excluding hydrogens is 244 g/mol. The summed E-state index contributed by atoms with van der Waals surface area (Å²) in [6.07, 6.45) is 0. The van der Waals surface area contributed by atoms with Crippen molar-refractivity contribution in [1.82, 2.24) is 0 Å². The van der Waals surface area contributed by atoms with Crippen LogP contribution in [-0.2, 0) is 4.74 Å². The summed E-state index contributed by atoms with van der Waals surface area (Å²) in [4.78, 5) is 22.7. The number of aryl methyl sites for hydroxylation is 1. The highest BCUT2D eigenvalue weighted by atomic mass is 35.5. The number of fused-ring (bicyclic) bond motifs is 1. The molecule has 0 fully saturated rings. The van der Waals surface area contributed by atoms with E-state index in [1.54, 1.807) is 19.1 Å². The van der Waals surface area contributed by atoms with Gasteiger partial charge in [-0.15, -0.1) is 0 Å². The third-order valence-corrected chi connectivity index (χ3v) is 2.96. The first-order chi connectivity index (χ1) is 8.04. The molecule has 0 aliphatic heterocycles. The maximum atomic E-state index is 11.4. The number of methoxy groups -OCH3 is 1. The van der Waals surface area contributed by atoms with Gasteiger partial charge in [-0.2, -0.15) is 0 Å². The highest BCUT2D eigenvalue weighted by molar-refractivity contribution is 6.31. The van der Waals surface area contributed by atoms with Crippen LogP contribution in [0.4, 0.5) is 0 Å². The number of esters is 1. The summed E-state index contributed by atoms with van der Waals surface area (Å²) in [7, 11) is 1.29. The zero-order valence-electron chi connectivity index (χ0n) is 9.24. The molecule has 0 aliphatic rings. The first-order valence-electron chi connectivity index (χ1n) is 4.86. The van der Waals surface area contributed by atoms with Gasteiger partial charge in [0.15, 0.2) is 0 Å². The van der Waals surface area contributed by atoms with Crippen LogP contribution in [-0.4, -0.2) is 13.1 Å². The van der Waals surface area contributed by atoms with Crippen LogP contribution in [0.2, 0.25) is 5.02 Å². The SMILES string of the molecule is COC(=O)c1ccc2c(C)c(Cl)c(=O)oc2c1. The lowest BCUT2D eigenvalue weighted by atomic mass is 10.1. The van der Waals surface area contributed by atoms with Crippen molar-refractivity contribution < 1.29 is 13.9 Å². The Balaban J connectivity index is 2.75. The molecule has 2 aromatic rings. The van der Waals surface area contributed by atoms with Crippen LogP contribution in [0, 0.1) is 6.92 Å². The predicted octanol–water partition coefficient (Wildman–Crippen LogP) is 2.54. The van der Waals surface area contributed by atoms with Crippen LogP contribution in [0.1, 0.15) is 15.9 Å². The molecule has 0 saturated heterocycles. The Kier molecular flexibility index (Phi) is 2.90. The average molecular weight is 253 g/mol. The number of rotatable bonds is 1. The van der Waals surface area contributed by atoms with Gasteiger partial charge in [0.1, 0.15) is 10.6 Å². The van der Waals surface area contributed by atoms with Crippen LogP contribution >= 0.6 is 11.6 Å². The number of hydrogen-bond donors (Lipinski definition) is 0. The molecule has 0 bridgehead atoms. The fraction of sp³-hybridized carbons (Fsp3) is 0.167. The first kappa shape index (κ1) is 11.7. The smallest absolute Gasteiger partial charge is 0.355 e. The molecule has 0 radical (unpaired) electrons. The number of carbonyl (C=O) groups is 1. The van der Waals surface area contributed by atoms with Crippen molar-refractivity contribution in [2.75, 3.05) is 7.11 Å². The summed E-state index contributed by atoms with van der Waals surface area (Å²) in [6.45, 7) is 1.72. The van der Waals surface area contributed by atoms with Crippen molar-refractivity contribution in [3.63, 3.8) is 0 Å². The zero-order valence-corrected chi connectivity index (χ0v) is 10.00. The first-order valence-corrected chi connectivity index (χ1v) is 5.23. The minimum absolute atomic E-state index is 0.0586. The molecule has 0 N–H and O–H groups in total. The molecule has 1 aromatic carbocycles. The lowest BCUT2D eigenvalue weighted by Gasteiger charge is -2.04. The largest absolute Gasteiger partial charge is 0.465 e. The summed E-state index contributed by atoms with van der Waals surface area (Å²) in [6, 6.07) is 4.73. The van der Waals surface area contributed by atoms with Gasteiger partial charge in [-0.3, -0.25) is 0 Å². The van der Waals surface area contributed by atoms with Crippen LogP contribution in [0.3, 0.4) is 0 Å². The fourth-order valence-electron chi connectivity index (χ4n) is 1.58. The molecule has 0 unspecified atom stereocenters. The van der Waals surface area contributed by atoms with E-state index in [1.165, 1.54) is 13.2 Å². The van der Waals surface area contributed by atoms with Gasteiger partial charge < -0.3 is 9.15 Å². The number of ether oxygens (including phenoxy) is 1. The molecule has 1 aromatic heterocycles. The molecule has 0 amide bonds. The van der Waals surface area contributed by atoms with Gasteiger partial charge >= 0.3 is 11.6 Å². The molecule has 17 heavy (non-hydrogen) atoms. The van der Waals surface area contributed by atoms with Crippen molar-refractivity contribution in [3.8, 4) is 0 Å². The van der Waals surface area contributed by atoms with E-state index >= 15 is 0 Å². The maximum absolute atomic E-state index is 11.4. The van der Waals surface area contributed by atoms with Crippen molar-refractivity contribution in [2.24, 2.45) is 0 Å². The Labute approximate surface area is 102 Å². The second-order valence-electron chi connectivity index (χ2n) is 3.53. The normalized spacial score (nSPS) is 10.5. The fourth-order valence-corrected chi connectivity index (χ4v) is 1.72. The Hall–Kier alpha value is -1.81. The average Bonchev–Trinajstić information content (AvgIpc) is 2.34. The molecule has 0 spiro atoms. The summed E-state index contributed by atoms with van der Waals surface area (Å²) in [5, 5.41) is 0.755. The lowest BCUT2D eigenvalue weighted by molar-refractivity contribution is 0.0600. The molecule has 4 nitrogen and oxygen atoms in total. The second kappa shape index (κ2) is 4.22. The van der Waals surface area contributed by atoms with E-state index in [-0.39, 0.29) is 5.02 Å². The van der Waals surface area contributed by atoms with Gasteiger partial charge in [-0.1, -0.05) is 17.7 Å². The van der Waals surface area contributed by atoms with Gasteiger partial charge in [0, 0.05) is 5.39 Å². The molecule has 5 heteroatoms. The zero-order chi connectivity index (χ0) is 12.6. The highest BCUT2D eigenvalue weighted by Gasteiger charge is 2.12. The van der Waals surface area contributed by atoms with E-state index in [2.05, 4.69) is 4.74 Å². The summed E-state index contributed by atoms with van der Waals surface area (Å²) in [5.41, 5.74) is 0.665. The van der Waals surface area contributed by atoms with Crippen molar-refractivity contribution in [3.05, 3.63) is 44.8 Å². The monoisotopic (exact) mass is 252 g/mol. The molecule has 2 rings (SSSR count). The Bertz CT molecular complexity index is 657. The third-order valence-electron chi connectivity index (χ3n) is 2.52. The summed E-state index contributed by atoms with van der Waals surface area (Å²) < 4.78 is 9.60. The standard InChI is InChI=1S/C12H9ClO4/c1-6-8-4-3-7(11(14)16-2)5-9(8)17-12(15)10(6)13/h3-5H,1-2H3. The quantitative estimate of drug-likeness (QED) is 0.578. The van der Waals surface area contributed by atoms with Gasteiger partial charge in [-0.05, 0) is 24.6 Å². The Morgan fingerprint density at radius 3 is 2.76 bits per heavy atom. The van der Waals surface area contributed by atoms with Crippen LogP contribution in [0.15, 0.2) is 27.4 Å². The number of benzene rings is 1. The van der Waals surface area contributed by atoms with Crippen molar-refractivity contribution in [1.29, 1.82) is 0 Å². The van der Waals surface area contributed by atoms with Gasteiger partial charge in [0.25, 0.3) is 0 Å². The van der Waals surface area contributed by atoms with Gasteiger partial charge in [0.2, 0.25) is 0 Å².